The van der Waals surface area contributed by atoms with Gasteiger partial charge in [0, 0.05) is 23.6 Å². The quantitative estimate of drug-likeness (QED) is 0.827. The van der Waals surface area contributed by atoms with Crippen LogP contribution in [0, 0.1) is 0 Å². The lowest BCUT2D eigenvalue weighted by Gasteiger charge is -2.50. The van der Waals surface area contributed by atoms with Gasteiger partial charge in [-0.05, 0) is 44.0 Å². The van der Waals surface area contributed by atoms with Gasteiger partial charge in [0.15, 0.2) is 5.72 Å². The van der Waals surface area contributed by atoms with Gasteiger partial charge in [0.1, 0.15) is 5.75 Å². The zero-order chi connectivity index (χ0) is 20.0. The van der Waals surface area contributed by atoms with Crippen LogP contribution in [0.1, 0.15) is 61.0 Å². The van der Waals surface area contributed by atoms with Crippen molar-refractivity contribution in [1.29, 1.82) is 0 Å². The minimum atomic E-state index is -0.818. The topological polar surface area (TPSA) is 70.7 Å². The van der Waals surface area contributed by atoms with Gasteiger partial charge in [0.05, 0.1) is 11.7 Å². The van der Waals surface area contributed by atoms with E-state index in [1.54, 1.807) is 17.0 Å². The van der Waals surface area contributed by atoms with Gasteiger partial charge in [-0.25, -0.2) is 4.79 Å². The Balaban J connectivity index is 1.45. The molecule has 1 aliphatic carbocycles. The second-order valence-electron chi connectivity index (χ2n) is 8.36. The first-order valence-corrected chi connectivity index (χ1v) is 10.3. The van der Waals surface area contributed by atoms with Crippen LogP contribution in [0.5, 0.6) is 5.75 Å². The van der Waals surface area contributed by atoms with E-state index in [0.717, 1.165) is 37.0 Å². The van der Waals surface area contributed by atoms with Gasteiger partial charge in [0.25, 0.3) is 5.91 Å². The third-order valence-corrected chi connectivity index (χ3v) is 6.24. The second-order valence-corrected chi connectivity index (χ2v) is 8.36. The molecule has 2 aromatic carbocycles. The third kappa shape index (κ3) is 3.12. The lowest BCUT2D eigenvalue weighted by atomic mass is 9.90. The molecule has 3 amide bonds. The van der Waals surface area contributed by atoms with E-state index in [9.17, 15) is 9.59 Å². The first kappa shape index (κ1) is 18.0. The first-order chi connectivity index (χ1) is 14.0. The highest BCUT2D eigenvalue weighted by atomic mass is 16.5. The van der Waals surface area contributed by atoms with E-state index in [4.69, 9.17) is 4.74 Å². The molecular formula is C23H25N3O3. The van der Waals surface area contributed by atoms with Crippen molar-refractivity contribution in [3.8, 4) is 5.75 Å². The van der Waals surface area contributed by atoms with Crippen LogP contribution in [0.25, 0.3) is 0 Å². The molecule has 2 aromatic rings. The van der Waals surface area contributed by atoms with Gasteiger partial charge in [-0.3, -0.25) is 9.69 Å². The molecule has 2 atom stereocenters. The Bertz CT molecular complexity index is 969. The van der Waals surface area contributed by atoms with E-state index in [0.29, 0.717) is 17.7 Å². The van der Waals surface area contributed by atoms with E-state index in [-0.39, 0.29) is 24.0 Å². The summed E-state index contributed by atoms with van der Waals surface area (Å²) in [6.45, 7) is 1.93. The van der Waals surface area contributed by atoms with E-state index in [1.807, 2.05) is 43.3 Å². The Labute approximate surface area is 170 Å². The number of hydrogen-bond acceptors (Lipinski definition) is 3. The molecule has 2 bridgehead atoms. The Morgan fingerprint density at radius 2 is 1.97 bits per heavy atom. The first-order valence-electron chi connectivity index (χ1n) is 10.3. The average Bonchev–Trinajstić information content (AvgIpc) is 3.20. The maximum atomic E-state index is 13.0. The van der Waals surface area contributed by atoms with E-state index in [2.05, 4.69) is 10.6 Å². The van der Waals surface area contributed by atoms with Crippen molar-refractivity contribution in [3.05, 3.63) is 59.7 Å². The number of hydrogen-bond donors (Lipinski definition) is 2. The van der Waals surface area contributed by atoms with Crippen LogP contribution in [0.4, 0.5) is 10.5 Å². The van der Waals surface area contributed by atoms with Gasteiger partial charge < -0.3 is 15.4 Å². The van der Waals surface area contributed by atoms with Crippen LogP contribution in [0.3, 0.4) is 0 Å². The molecule has 6 nitrogen and oxygen atoms in total. The van der Waals surface area contributed by atoms with Crippen molar-refractivity contribution < 1.29 is 14.3 Å². The molecule has 1 saturated carbocycles. The molecule has 0 unspecified atom stereocenters. The summed E-state index contributed by atoms with van der Waals surface area (Å²) in [6, 6.07) is 15.0. The molecule has 5 rings (SSSR count). The molecule has 2 aliphatic heterocycles. The monoisotopic (exact) mass is 391 g/mol. The number of benzene rings is 2. The van der Waals surface area contributed by atoms with E-state index >= 15 is 0 Å². The maximum Gasteiger partial charge on any atom is 0.325 e. The Hall–Kier alpha value is -3.02. The minimum Gasteiger partial charge on any atom is -0.467 e. The van der Waals surface area contributed by atoms with Crippen molar-refractivity contribution in [2.75, 3.05) is 4.90 Å². The average molecular weight is 391 g/mol. The fourth-order valence-corrected chi connectivity index (χ4v) is 4.84. The smallest absolute Gasteiger partial charge is 0.325 e. The zero-order valence-corrected chi connectivity index (χ0v) is 16.5. The fraction of sp³-hybridized carbons (Fsp3) is 0.391. The Morgan fingerprint density at radius 3 is 2.79 bits per heavy atom. The van der Waals surface area contributed by atoms with E-state index in [1.165, 1.54) is 0 Å². The minimum absolute atomic E-state index is 0.0810. The third-order valence-electron chi connectivity index (χ3n) is 6.24. The van der Waals surface area contributed by atoms with Gasteiger partial charge in [-0.2, -0.15) is 0 Å². The van der Waals surface area contributed by atoms with Gasteiger partial charge in [-0.1, -0.05) is 37.1 Å². The molecule has 2 heterocycles. The van der Waals surface area contributed by atoms with Crippen LogP contribution in [-0.2, 0) is 0 Å². The number of carbonyl (C=O) groups is 2. The van der Waals surface area contributed by atoms with Crippen LogP contribution in [0.2, 0.25) is 0 Å². The largest absolute Gasteiger partial charge is 0.467 e. The summed E-state index contributed by atoms with van der Waals surface area (Å²) in [5, 5.41) is 6.20. The molecule has 150 valence electrons. The van der Waals surface area contributed by atoms with Crippen molar-refractivity contribution in [1.82, 2.24) is 10.6 Å². The highest BCUT2D eigenvalue weighted by Crippen LogP contribution is 2.45. The molecule has 6 heteroatoms. The van der Waals surface area contributed by atoms with Gasteiger partial charge >= 0.3 is 6.03 Å². The summed E-state index contributed by atoms with van der Waals surface area (Å²) in [7, 11) is 0. The molecule has 3 aliphatic rings. The summed E-state index contributed by atoms with van der Waals surface area (Å²) >= 11 is 0. The standard InChI is InChI=1S/C23H25N3O3/c1-23-14-19(18-11-4-5-12-20(18)29-23)25-22(28)26(23)17-10-6-7-15(13-17)21(27)24-16-8-2-3-9-16/h4-7,10-13,16,19H,2-3,8-9,14H2,1H3,(H,24,27)(H,25,28)/t19-,23+/m0/s1. The predicted molar refractivity (Wildman–Crippen MR) is 110 cm³/mol. The summed E-state index contributed by atoms with van der Waals surface area (Å²) in [6.07, 6.45) is 5.03. The summed E-state index contributed by atoms with van der Waals surface area (Å²) in [4.78, 5) is 27.4. The van der Waals surface area contributed by atoms with Crippen LogP contribution < -0.4 is 20.3 Å². The molecule has 2 fully saturated rings. The molecule has 1 saturated heterocycles. The molecule has 29 heavy (non-hydrogen) atoms. The van der Waals surface area contributed by atoms with Crippen LogP contribution >= 0.6 is 0 Å². The van der Waals surface area contributed by atoms with Crippen LogP contribution in [-0.4, -0.2) is 23.7 Å². The highest BCUT2D eigenvalue weighted by molar-refractivity contribution is 5.99. The number of carbonyl (C=O) groups excluding carboxylic acids is 2. The summed E-state index contributed by atoms with van der Waals surface area (Å²) in [5.74, 6) is 0.695. The molecule has 2 N–H and O–H groups in total. The number of nitrogens with one attached hydrogen (secondary N) is 2. The number of urea groups is 1. The van der Waals surface area contributed by atoms with Crippen molar-refractivity contribution >= 4 is 17.6 Å². The summed E-state index contributed by atoms with van der Waals surface area (Å²) < 4.78 is 6.30. The van der Waals surface area contributed by atoms with Gasteiger partial charge in [0.2, 0.25) is 0 Å². The lowest BCUT2D eigenvalue weighted by molar-refractivity contribution is 0.0378. The maximum absolute atomic E-state index is 13.0. The number of ether oxygens (including phenoxy) is 1. The number of amides is 3. The normalized spacial score (nSPS) is 25.8. The Kier molecular flexibility index (Phi) is 4.23. The number of nitrogens with zero attached hydrogens (tertiary/aromatic N) is 1. The molecular weight excluding hydrogens is 366 g/mol. The van der Waals surface area contributed by atoms with Gasteiger partial charge in [-0.15, -0.1) is 0 Å². The number of para-hydroxylation sites is 1. The zero-order valence-electron chi connectivity index (χ0n) is 16.5. The second kappa shape index (κ2) is 6.79. The fourth-order valence-electron chi connectivity index (χ4n) is 4.84. The van der Waals surface area contributed by atoms with Crippen molar-refractivity contribution in [2.45, 2.75) is 56.8 Å². The number of rotatable bonds is 3. The lowest BCUT2D eigenvalue weighted by Crippen LogP contribution is -2.65. The van der Waals surface area contributed by atoms with Crippen molar-refractivity contribution in [3.63, 3.8) is 0 Å². The summed E-state index contributed by atoms with van der Waals surface area (Å²) in [5.41, 5.74) is 1.40. The molecule has 0 aromatic heterocycles. The SMILES string of the molecule is C[C@@]12C[C@H](NC(=O)N1c1cccc(C(=O)NC3CCCC3)c1)c1ccccc1O2. The van der Waals surface area contributed by atoms with Crippen LogP contribution in [0.15, 0.2) is 48.5 Å². The van der Waals surface area contributed by atoms with Crippen molar-refractivity contribution in [2.24, 2.45) is 0 Å². The molecule has 0 radical (unpaired) electrons. The Morgan fingerprint density at radius 1 is 1.17 bits per heavy atom. The number of fused-ring (bicyclic) bond motifs is 4. The molecule has 0 spiro atoms. The predicted octanol–water partition coefficient (Wildman–Crippen LogP) is 4.13. The highest BCUT2D eigenvalue weighted by Gasteiger charge is 2.49. The van der Waals surface area contributed by atoms with E-state index < -0.39 is 5.72 Å². The number of anilines is 1.